The summed E-state index contributed by atoms with van der Waals surface area (Å²) in [5, 5.41) is 19.7. The normalized spacial score (nSPS) is 24.6. The van der Waals surface area contributed by atoms with Crippen molar-refractivity contribution in [1.29, 1.82) is 0 Å². The molecule has 3 heteroatoms. The maximum atomic E-state index is 11.2. The molecule has 20 heavy (non-hydrogen) atoms. The molecular weight excluding hydrogens is 252 g/mol. The van der Waals surface area contributed by atoms with Gasteiger partial charge in [-0.2, -0.15) is 0 Å². The molecule has 1 saturated carbocycles. The minimum atomic E-state index is -0.780. The molecule has 3 atom stereocenters. The maximum Gasteiger partial charge on any atom is 0.306 e. The number of aliphatic hydroxyl groups excluding tert-OH is 1. The Morgan fingerprint density at radius 2 is 1.80 bits per heavy atom. The predicted octanol–water partition coefficient (Wildman–Crippen LogP) is 3.52. The van der Waals surface area contributed by atoms with Gasteiger partial charge in [0.1, 0.15) is 0 Å². The minimum absolute atomic E-state index is 0.0838. The Morgan fingerprint density at radius 1 is 1.20 bits per heavy atom. The summed E-state index contributed by atoms with van der Waals surface area (Å²) in [6, 6.07) is 7.93. The molecule has 1 aliphatic rings. The highest BCUT2D eigenvalue weighted by Gasteiger charge is 2.37. The zero-order chi connectivity index (χ0) is 14.9. The molecular formula is C17H24O3. The summed E-state index contributed by atoms with van der Waals surface area (Å²) < 4.78 is 0. The van der Waals surface area contributed by atoms with Crippen molar-refractivity contribution in [1.82, 2.24) is 0 Å². The number of hydrogen-bond acceptors (Lipinski definition) is 2. The van der Waals surface area contributed by atoms with Crippen molar-refractivity contribution in [3.8, 4) is 0 Å². The summed E-state index contributed by atoms with van der Waals surface area (Å²) in [6.07, 6.45) is 1.68. The molecule has 0 heterocycles. The van der Waals surface area contributed by atoms with E-state index in [0.717, 1.165) is 18.4 Å². The average molecular weight is 276 g/mol. The summed E-state index contributed by atoms with van der Waals surface area (Å²) in [5.74, 6) is -1.35. The number of rotatable bonds is 3. The average Bonchev–Trinajstić information content (AvgIpc) is 2.86. The van der Waals surface area contributed by atoms with Crippen LogP contribution in [0.15, 0.2) is 24.3 Å². The summed E-state index contributed by atoms with van der Waals surface area (Å²) >= 11 is 0. The second kappa shape index (κ2) is 5.57. The third-order valence-electron chi connectivity index (χ3n) is 4.41. The van der Waals surface area contributed by atoms with Crippen LogP contribution in [0, 0.1) is 11.8 Å². The summed E-state index contributed by atoms with van der Waals surface area (Å²) in [5.41, 5.74) is 2.13. The zero-order valence-corrected chi connectivity index (χ0v) is 12.5. The number of aliphatic carboxylic acids is 1. The van der Waals surface area contributed by atoms with Crippen LogP contribution in [-0.4, -0.2) is 16.2 Å². The van der Waals surface area contributed by atoms with Crippen LogP contribution in [-0.2, 0) is 10.2 Å². The van der Waals surface area contributed by atoms with E-state index in [1.54, 1.807) is 0 Å². The van der Waals surface area contributed by atoms with Crippen molar-refractivity contribution < 1.29 is 15.0 Å². The van der Waals surface area contributed by atoms with Crippen LogP contribution < -0.4 is 0 Å². The fraction of sp³-hybridized carbons (Fsp3) is 0.588. The Morgan fingerprint density at radius 3 is 2.30 bits per heavy atom. The van der Waals surface area contributed by atoms with Gasteiger partial charge < -0.3 is 10.2 Å². The van der Waals surface area contributed by atoms with E-state index in [2.05, 4.69) is 20.8 Å². The lowest BCUT2D eigenvalue weighted by molar-refractivity contribution is -0.144. The molecule has 2 rings (SSSR count). The first kappa shape index (κ1) is 15.0. The van der Waals surface area contributed by atoms with E-state index in [1.807, 2.05) is 24.3 Å². The number of carboxylic acids is 1. The van der Waals surface area contributed by atoms with Gasteiger partial charge in [0.2, 0.25) is 0 Å². The van der Waals surface area contributed by atoms with E-state index in [4.69, 9.17) is 0 Å². The molecule has 2 N–H and O–H groups in total. The van der Waals surface area contributed by atoms with E-state index in [9.17, 15) is 15.0 Å². The molecule has 0 amide bonds. The molecule has 0 bridgehead atoms. The number of carbonyl (C=O) groups is 1. The van der Waals surface area contributed by atoms with Gasteiger partial charge in [0.05, 0.1) is 12.0 Å². The first-order valence-corrected chi connectivity index (χ1v) is 7.32. The second-order valence-electron chi connectivity index (χ2n) is 6.86. The molecule has 1 aliphatic carbocycles. The van der Waals surface area contributed by atoms with Crippen molar-refractivity contribution >= 4 is 5.97 Å². The standard InChI is InChI=1S/C17H24O3/c1-17(2,3)12-9-7-11(8-10-12)15(18)13-5-4-6-14(13)16(19)20/h7-10,13-15,18H,4-6H2,1-3H3,(H,19,20). The lowest BCUT2D eigenvalue weighted by Gasteiger charge is -2.24. The molecule has 3 unspecified atom stereocenters. The monoisotopic (exact) mass is 276 g/mol. The van der Waals surface area contributed by atoms with Crippen LogP contribution in [0.1, 0.15) is 57.3 Å². The second-order valence-corrected chi connectivity index (χ2v) is 6.86. The lowest BCUT2D eigenvalue weighted by atomic mass is 9.83. The van der Waals surface area contributed by atoms with Crippen LogP contribution >= 0.6 is 0 Å². The molecule has 110 valence electrons. The highest BCUT2D eigenvalue weighted by Crippen LogP contribution is 2.40. The highest BCUT2D eigenvalue weighted by molar-refractivity contribution is 5.70. The van der Waals surface area contributed by atoms with Crippen LogP contribution in [0.2, 0.25) is 0 Å². The Balaban J connectivity index is 2.17. The number of aliphatic hydroxyl groups is 1. The van der Waals surface area contributed by atoms with Gasteiger partial charge >= 0.3 is 5.97 Å². The van der Waals surface area contributed by atoms with Crippen molar-refractivity contribution in [2.75, 3.05) is 0 Å². The van der Waals surface area contributed by atoms with E-state index >= 15 is 0 Å². The van der Waals surface area contributed by atoms with Gasteiger partial charge in [-0.15, -0.1) is 0 Å². The first-order chi connectivity index (χ1) is 9.30. The smallest absolute Gasteiger partial charge is 0.306 e. The van der Waals surface area contributed by atoms with Gasteiger partial charge in [-0.3, -0.25) is 4.79 Å². The van der Waals surface area contributed by atoms with E-state index in [0.29, 0.717) is 6.42 Å². The quantitative estimate of drug-likeness (QED) is 0.888. The van der Waals surface area contributed by atoms with Gasteiger partial charge in [-0.25, -0.2) is 0 Å². The lowest BCUT2D eigenvalue weighted by Crippen LogP contribution is -2.24. The third kappa shape index (κ3) is 3.04. The van der Waals surface area contributed by atoms with Crippen LogP contribution in [0.5, 0.6) is 0 Å². The molecule has 0 radical (unpaired) electrons. The largest absolute Gasteiger partial charge is 0.481 e. The topological polar surface area (TPSA) is 57.5 Å². The molecule has 0 aliphatic heterocycles. The Bertz CT molecular complexity index is 470. The maximum absolute atomic E-state index is 11.2. The van der Waals surface area contributed by atoms with Crippen LogP contribution in [0.25, 0.3) is 0 Å². The Kier molecular flexibility index (Phi) is 4.19. The SMILES string of the molecule is CC(C)(C)c1ccc(C(O)C2CCCC2C(=O)O)cc1. The van der Waals surface area contributed by atoms with Gasteiger partial charge in [-0.1, -0.05) is 51.5 Å². The number of carboxylic acid groups (broad SMARTS) is 1. The van der Waals surface area contributed by atoms with Crippen LogP contribution in [0.4, 0.5) is 0 Å². The van der Waals surface area contributed by atoms with Crippen molar-refractivity contribution in [2.45, 2.75) is 51.6 Å². The van der Waals surface area contributed by atoms with Crippen molar-refractivity contribution in [2.24, 2.45) is 11.8 Å². The van der Waals surface area contributed by atoms with Gasteiger partial charge in [0.15, 0.2) is 0 Å². The molecule has 1 aromatic carbocycles. The Hall–Kier alpha value is -1.35. The minimum Gasteiger partial charge on any atom is -0.481 e. The molecule has 1 fully saturated rings. The third-order valence-corrected chi connectivity index (χ3v) is 4.41. The van der Waals surface area contributed by atoms with Gasteiger partial charge in [-0.05, 0) is 29.4 Å². The first-order valence-electron chi connectivity index (χ1n) is 7.32. The number of benzene rings is 1. The Labute approximate surface area is 120 Å². The highest BCUT2D eigenvalue weighted by atomic mass is 16.4. The van der Waals surface area contributed by atoms with E-state index < -0.39 is 18.0 Å². The molecule has 0 aromatic heterocycles. The van der Waals surface area contributed by atoms with Crippen LogP contribution in [0.3, 0.4) is 0 Å². The molecule has 0 saturated heterocycles. The van der Waals surface area contributed by atoms with Crippen molar-refractivity contribution in [3.63, 3.8) is 0 Å². The van der Waals surface area contributed by atoms with Gasteiger partial charge in [0.25, 0.3) is 0 Å². The summed E-state index contributed by atoms with van der Waals surface area (Å²) in [6.45, 7) is 6.45. The van der Waals surface area contributed by atoms with E-state index in [1.165, 1.54) is 5.56 Å². The van der Waals surface area contributed by atoms with Crippen molar-refractivity contribution in [3.05, 3.63) is 35.4 Å². The molecule has 0 spiro atoms. The molecule has 3 nitrogen and oxygen atoms in total. The molecule has 1 aromatic rings. The van der Waals surface area contributed by atoms with Gasteiger partial charge in [0, 0.05) is 5.92 Å². The zero-order valence-electron chi connectivity index (χ0n) is 12.5. The summed E-state index contributed by atoms with van der Waals surface area (Å²) in [7, 11) is 0. The summed E-state index contributed by atoms with van der Waals surface area (Å²) in [4.78, 5) is 11.2. The van der Waals surface area contributed by atoms with E-state index in [-0.39, 0.29) is 11.3 Å². The fourth-order valence-electron chi connectivity index (χ4n) is 3.10. The fourth-order valence-corrected chi connectivity index (χ4v) is 3.10. The predicted molar refractivity (Wildman–Crippen MR) is 78.6 cm³/mol. The number of hydrogen-bond donors (Lipinski definition) is 2.